The Morgan fingerprint density at radius 2 is 1.94 bits per heavy atom. The molecule has 3 aromatic rings. The lowest BCUT2D eigenvalue weighted by Gasteiger charge is -2.27. The van der Waals surface area contributed by atoms with Crippen molar-refractivity contribution in [2.45, 2.75) is 37.1 Å². The van der Waals surface area contributed by atoms with Crippen LogP contribution in [0.5, 0.6) is 0 Å². The molecule has 160 valence electrons. The van der Waals surface area contributed by atoms with Crippen molar-refractivity contribution in [2.75, 3.05) is 18.0 Å². The summed E-state index contributed by atoms with van der Waals surface area (Å²) in [5.41, 5.74) is 3.98. The van der Waals surface area contributed by atoms with Crippen molar-refractivity contribution in [3.8, 4) is 11.3 Å². The van der Waals surface area contributed by atoms with E-state index >= 15 is 0 Å². The molecule has 0 N–H and O–H groups in total. The van der Waals surface area contributed by atoms with E-state index in [4.69, 9.17) is 0 Å². The van der Waals surface area contributed by atoms with Crippen LogP contribution in [-0.2, 0) is 21.2 Å². The first-order valence-corrected chi connectivity index (χ1v) is 12.7. The second-order valence-corrected chi connectivity index (χ2v) is 10.9. The van der Waals surface area contributed by atoms with Gasteiger partial charge in [-0.05, 0) is 56.0 Å². The number of fused-ring (bicyclic) bond motifs is 1. The lowest BCUT2D eigenvalue weighted by Crippen LogP contribution is -2.47. The van der Waals surface area contributed by atoms with E-state index in [-0.39, 0.29) is 10.8 Å². The first kappa shape index (κ1) is 20.4. The number of hydrogen-bond donors (Lipinski definition) is 0. The van der Waals surface area contributed by atoms with Crippen molar-refractivity contribution in [1.29, 1.82) is 0 Å². The minimum atomic E-state index is -3.70. The summed E-state index contributed by atoms with van der Waals surface area (Å²) < 4.78 is 27.7. The van der Waals surface area contributed by atoms with Crippen LogP contribution in [0.3, 0.4) is 0 Å². The number of carbonyl (C=O) groups is 1. The molecule has 0 aliphatic carbocycles. The monoisotopic (exact) mass is 453 g/mol. The zero-order chi connectivity index (χ0) is 21.6. The van der Waals surface area contributed by atoms with Crippen molar-refractivity contribution in [3.05, 3.63) is 64.5 Å². The van der Waals surface area contributed by atoms with Gasteiger partial charge in [0.15, 0.2) is 0 Å². The highest BCUT2D eigenvalue weighted by Gasteiger charge is 2.42. The SMILES string of the molecule is Cc1nc(-c2ccc3c(c2)CCN3C(=O)[C@H]2CCCN2S(=O)(=O)c2ccccc2)cs1. The highest BCUT2D eigenvalue weighted by molar-refractivity contribution is 7.89. The number of carbonyl (C=O) groups excluding carboxylic acids is 1. The lowest BCUT2D eigenvalue weighted by molar-refractivity contribution is -0.121. The number of anilines is 1. The summed E-state index contributed by atoms with van der Waals surface area (Å²) in [5, 5.41) is 3.06. The maximum absolute atomic E-state index is 13.5. The number of sulfonamides is 1. The van der Waals surface area contributed by atoms with Crippen LogP contribution < -0.4 is 4.90 Å². The van der Waals surface area contributed by atoms with E-state index in [0.717, 1.165) is 33.9 Å². The summed E-state index contributed by atoms with van der Waals surface area (Å²) in [5.74, 6) is -0.131. The molecular formula is C23H23N3O3S2. The van der Waals surface area contributed by atoms with Crippen LogP contribution in [0.2, 0.25) is 0 Å². The van der Waals surface area contributed by atoms with E-state index in [1.165, 1.54) is 4.31 Å². The maximum Gasteiger partial charge on any atom is 0.245 e. The largest absolute Gasteiger partial charge is 0.310 e. The first-order valence-electron chi connectivity index (χ1n) is 10.4. The van der Waals surface area contributed by atoms with E-state index in [9.17, 15) is 13.2 Å². The van der Waals surface area contributed by atoms with Gasteiger partial charge in [0, 0.05) is 29.7 Å². The number of nitrogens with zero attached hydrogens (tertiary/aromatic N) is 3. The Morgan fingerprint density at radius 3 is 2.68 bits per heavy atom. The summed E-state index contributed by atoms with van der Waals surface area (Å²) in [6, 6.07) is 13.8. The van der Waals surface area contributed by atoms with Gasteiger partial charge in [0.05, 0.1) is 15.6 Å². The molecule has 0 unspecified atom stereocenters. The van der Waals surface area contributed by atoms with Crippen molar-refractivity contribution in [1.82, 2.24) is 9.29 Å². The van der Waals surface area contributed by atoms with Gasteiger partial charge >= 0.3 is 0 Å². The molecule has 8 heteroatoms. The summed E-state index contributed by atoms with van der Waals surface area (Å²) in [6.45, 7) is 2.93. The number of amides is 1. The molecule has 2 aliphatic rings. The van der Waals surface area contributed by atoms with Crippen LogP contribution in [0.1, 0.15) is 23.4 Å². The van der Waals surface area contributed by atoms with Gasteiger partial charge in [-0.2, -0.15) is 4.31 Å². The number of benzene rings is 2. The summed E-state index contributed by atoms with van der Waals surface area (Å²) in [7, 11) is -3.70. The Kier molecular flexibility index (Phi) is 5.16. The predicted octanol–water partition coefficient (Wildman–Crippen LogP) is 3.86. The van der Waals surface area contributed by atoms with Gasteiger partial charge in [0.1, 0.15) is 6.04 Å². The number of thiazole rings is 1. The van der Waals surface area contributed by atoms with E-state index in [1.807, 2.05) is 24.4 Å². The summed E-state index contributed by atoms with van der Waals surface area (Å²) >= 11 is 1.62. The summed E-state index contributed by atoms with van der Waals surface area (Å²) in [6.07, 6.45) is 1.99. The van der Waals surface area contributed by atoms with E-state index in [1.54, 1.807) is 46.6 Å². The molecule has 3 heterocycles. The Morgan fingerprint density at radius 1 is 1.13 bits per heavy atom. The fourth-order valence-electron chi connectivity index (χ4n) is 4.47. The Labute approximate surface area is 186 Å². The number of rotatable bonds is 4. The van der Waals surface area contributed by atoms with Gasteiger partial charge in [-0.3, -0.25) is 4.79 Å². The molecule has 1 amide bonds. The van der Waals surface area contributed by atoms with Crippen LogP contribution in [0, 0.1) is 6.92 Å². The minimum Gasteiger partial charge on any atom is -0.310 e. The Hall–Kier alpha value is -2.55. The average Bonchev–Trinajstić information content (AvgIpc) is 3.53. The van der Waals surface area contributed by atoms with E-state index in [2.05, 4.69) is 11.1 Å². The molecule has 0 bridgehead atoms. The molecule has 1 atom stereocenters. The van der Waals surface area contributed by atoms with Gasteiger partial charge < -0.3 is 4.90 Å². The van der Waals surface area contributed by atoms with Crippen LogP contribution in [0.25, 0.3) is 11.3 Å². The van der Waals surface area contributed by atoms with Gasteiger partial charge in [0.25, 0.3) is 0 Å². The third kappa shape index (κ3) is 3.58. The van der Waals surface area contributed by atoms with Crippen molar-refractivity contribution in [3.63, 3.8) is 0 Å². The van der Waals surface area contributed by atoms with Gasteiger partial charge in [-0.25, -0.2) is 13.4 Å². The molecule has 31 heavy (non-hydrogen) atoms. The lowest BCUT2D eigenvalue weighted by atomic mass is 10.1. The quantitative estimate of drug-likeness (QED) is 0.601. The molecule has 1 fully saturated rings. The molecule has 1 aromatic heterocycles. The number of aromatic nitrogens is 1. The molecule has 0 spiro atoms. The van der Waals surface area contributed by atoms with Crippen molar-refractivity contribution < 1.29 is 13.2 Å². The molecule has 0 saturated carbocycles. The number of hydrogen-bond acceptors (Lipinski definition) is 5. The molecule has 5 rings (SSSR count). The first-order chi connectivity index (χ1) is 14.9. The Bertz CT molecular complexity index is 1240. The third-order valence-electron chi connectivity index (χ3n) is 5.99. The van der Waals surface area contributed by atoms with Gasteiger partial charge in [-0.1, -0.05) is 24.3 Å². The standard InChI is InChI=1S/C23H23N3O3S2/c1-16-24-20(15-30-16)17-9-10-21-18(14-17)11-13-25(21)23(27)22-8-5-12-26(22)31(28,29)19-6-3-2-4-7-19/h2-4,6-7,9-10,14-15,22H,5,8,11-13H2,1H3/t22-/m1/s1. The fraction of sp³-hybridized carbons (Fsp3) is 0.304. The molecule has 2 aromatic carbocycles. The second-order valence-electron chi connectivity index (χ2n) is 7.92. The molecule has 0 radical (unpaired) electrons. The maximum atomic E-state index is 13.5. The highest BCUT2D eigenvalue weighted by atomic mass is 32.2. The van der Waals surface area contributed by atoms with Crippen LogP contribution in [-0.4, -0.2) is 42.7 Å². The minimum absolute atomic E-state index is 0.131. The number of aryl methyl sites for hydroxylation is 1. The third-order valence-corrected chi connectivity index (χ3v) is 8.69. The van der Waals surface area contributed by atoms with Crippen LogP contribution in [0.4, 0.5) is 5.69 Å². The highest BCUT2D eigenvalue weighted by Crippen LogP contribution is 2.35. The summed E-state index contributed by atoms with van der Waals surface area (Å²) in [4.78, 5) is 20.0. The van der Waals surface area contributed by atoms with Gasteiger partial charge in [-0.15, -0.1) is 11.3 Å². The molecule has 6 nitrogen and oxygen atoms in total. The normalized spacial score (nSPS) is 19.0. The fourth-order valence-corrected chi connectivity index (χ4v) is 6.76. The Balaban J connectivity index is 1.41. The van der Waals surface area contributed by atoms with E-state index in [0.29, 0.717) is 25.9 Å². The molecular weight excluding hydrogens is 430 g/mol. The zero-order valence-electron chi connectivity index (χ0n) is 17.2. The average molecular weight is 454 g/mol. The van der Waals surface area contributed by atoms with Crippen molar-refractivity contribution >= 4 is 33.0 Å². The van der Waals surface area contributed by atoms with Crippen LogP contribution >= 0.6 is 11.3 Å². The zero-order valence-corrected chi connectivity index (χ0v) is 18.8. The molecule has 2 aliphatic heterocycles. The van der Waals surface area contributed by atoms with E-state index < -0.39 is 16.1 Å². The smallest absolute Gasteiger partial charge is 0.245 e. The molecule has 1 saturated heterocycles. The second kappa shape index (κ2) is 7.85. The topological polar surface area (TPSA) is 70.6 Å². The van der Waals surface area contributed by atoms with Crippen LogP contribution in [0.15, 0.2) is 58.8 Å². The van der Waals surface area contributed by atoms with Crippen molar-refractivity contribution in [2.24, 2.45) is 0 Å². The predicted molar refractivity (Wildman–Crippen MR) is 122 cm³/mol. The van der Waals surface area contributed by atoms with Gasteiger partial charge in [0.2, 0.25) is 15.9 Å².